The van der Waals surface area contributed by atoms with Gasteiger partial charge in [0, 0.05) is 10.5 Å². The van der Waals surface area contributed by atoms with Gasteiger partial charge in [-0.2, -0.15) is 11.8 Å². The number of rotatable bonds is 2. The van der Waals surface area contributed by atoms with Crippen LogP contribution in [0.15, 0.2) is 0 Å². The minimum atomic E-state index is 0.788. The second kappa shape index (κ2) is 3.46. The Labute approximate surface area is 110 Å². The van der Waals surface area contributed by atoms with Crippen LogP contribution in [0.1, 0.15) is 65.2 Å². The van der Waals surface area contributed by atoms with Gasteiger partial charge in [-0.3, -0.25) is 0 Å². The summed E-state index contributed by atoms with van der Waals surface area (Å²) in [7, 11) is 0. The van der Waals surface area contributed by atoms with E-state index in [1.165, 1.54) is 12.8 Å². The van der Waals surface area contributed by atoms with Gasteiger partial charge in [0.25, 0.3) is 0 Å². The summed E-state index contributed by atoms with van der Waals surface area (Å²) in [6.45, 7) is 5.09. The largest absolute Gasteiger partial charge is 0.155 e. The molecule has 4 fully saturated rings. The Morgan fingerprint density at radius 2 is 1.18 bits per heavy atom. The Kier molecular flexibility index (Phi) is 2.28. The normalized spacial score (nSPS) is 60.4. The summed E-state index contributed by atoms with van der Waals surface area (Å²) in [5.41, 5.74) is 1.58. The summed E-state index contributed by atoms with van der Waals surface area (Å²) in [4.78, 5) is 0. The summed E-state index contributed by atoms with van der Waals surface area (Å²) in [5, 5.41) is 2.03. The average molecular weight is 250 g/mol. The van der Waals surface area contributed by atoms with Crippen LogP contribution in [0.4, 0.5) is 0 Å². The molecular weight excluding hydrogens is 224 g/mol. The van der Waals surface area contributed by atoms with E-state index in [1.54, 1.807) is 38.5 Å². The second-order valence-electron chi connectivity index (χ2n) is 8.05. The van der Waals surface area contributed by atoms with Crippen molar-refractivity contribution < 1.29 is 0 Å². The van der Waals surface area contributed by atoms with Gasteiger partial charge < -0.3 is 0 Å². The van der Waals surface area contributed by atoms with E-state index < -0.39 is 0 Å². The average Bonchev–Trinajstić information content (AvgIpc) is 3.10. The molecule has 0 aromatic carbocycles. The maximum atomic E-state index is 2.55. The molecule has 1 heteroatoms. The van der Waals surface area contributed by atoms with Crippen molar-refractivity contribution in [1.82, 2.24) is 0 Å². The summed E-state index contributed by atoms with van der Waals surface area (Å²) >= 11 is 2.40. The molecule has 0 aromatic rings. The molecule has 0 radical (unpaired) electrons. The zero-order valence-electron chi connectivity index (χ0n) is 11.4. The van der Waals surface area contributed by atoms with Crippen LogP contribution in [0.5, 0.6) is 0 Å². The molecule has 0 saturated heterocycles. The molecule has 0 aromatic heterocycles. The fourth-order valence-corrected chi connectivity index (χ4v) is 6.97. The zero-order chi connectivity index (χ0) is 11.7. The van der Waals surface area contributed by atoms with Gasteiger partial charge in [0.1, 0.15) is 0 Å². The number of fused-ring (bicyclic) bond motifs is 2. The number of hydrogen-bond acceptors (Lipinski definition) is 1. The van der Waals surface area contributed by atoms with E-state index in [-0.39, 0.29) is 0 Å². The lowest BCUT2D eigenvalue weighted by atomic mass is 9.89. The summed E-state index contributed by atoms with van der Waals surface area (Å²) in [6.07, 6.45) is 12.3. The first kappa shape index (κ1) is 11.2. The van der Waals surface area contributed by atoms with Crippen molar-refractivity contribution in [1.29, 1.82) is 0 Å². The second-order valence-corrected chi connectivity index (χ2v) is 9.66. The highest BCUT2D eigenvalue weighted by molar-refractivity contribution is 8.00. The highest BCUT2D eigenvalue weighted by atomic mass is 32.2. The standard InChI is InChI=1S/C16H26S/c1-15-7-11(15)3-5-13(9-15)17-14-6-4-12-8-16(12,2)10-14/h11-14H,3-10H2,1-2H3. The molecule has 0 bridgehead atoms. The fourth-order valence-electron chi connectivity index (χ4n) is 4.93. The molecule has 6 atom stereocenters. The SMILES string of the molecule is CC12CC(SC3CCC4CC4(C)C3)CCC1C2. The lowest BCUT2D eigenvalue weighted by Crippen LogP contribution is -2.23. The number of thioether (sulfide) groups is 1. The van der Waals surface area contributed by atoms with Gasteiger partial charge in [0.2, 0.25) is 0 Å². The van der Waals surface area contributed by atoms with Crippen LogP contribution in [-0.4, -0.2) is 10.5 Å². The van der Waals surface area contributed by atoms with Crippen LogP contribution in [0.3, 0.4) is 0 Å². The molecular formula is C16H26S. The first-order valence-corrected chi connectivity index (χ1v) is 8.67. The van der Waals surface area contributed by atoms with E-state index in [4.69, 9.17) is 0 Å². The lowest BCUT2D eigenvalue weighted by Gasteiger charge is -2.33. The van der Waals surface area contributed by atoms with Crippen LogP contribution >= 0.6 is 11.8 Å². The molecule has 0 aliphatic heterocycles. The molecule has 0 heterocycles. The van der Waals surface area contributed by atoms with Gasteiger partial charge in [0.15, 0.2) is 0 Å². The van der Waals surface area contributed by atoms with Crippen LogP contribution in [-0.2, 0) is 0 Å². The van der Waals surface area contributed by atoms with Crippen molar-refractivity contribution in [2.45, 2.75) is 75.7 Å². The number of hydrogen-bond donors (Lipinski definition) is 0. The van der Waals surface area contributed by atoms with Crippen molar-refractivity contribution in [3.63, 3.8) is 0 Å². The van der Waals surface area contributed by atoms with Crippen LogP contribution < -0.4 is 0 Å². The Hall–Kier alpha value is 0.350. The van der Waals surface area contributed by atoms with Gasteiger partial charge in [-0.15, -0.1) is 0 Å². The third-order valence-electron chi connectivity index (χ3n) is 6.52. The third kappa shape index (κ3) is 1.88. The van der Waals surface area contributed by atoms with Crippen molar-refractivity contribution >= 4 is 11.8 Å². The first-order valence-electron chi connectivity index (χ1n) is 7.73. The predicted octanol–water partition coefficient (Wildman–Crippen LogP) is 4.88. The van der Waals surface area contributed by atoms with E-state index in [1.807, 2.05) is 0 Å². The maximum Gasteiger partial charge on any atom is 0.00552 e. The summed E-state index contributed by atoms with van der Waals surface area (Å²) in [5.74, 6) is 2.24. The Morgan fingerprint density at radius 3 is 1.59 bits per heavy atom. The third-order valence-corrected chi connectivity index (χ3v) is 8.10. The van der Waals surface area contributed by atoms with E-state index in [0.29, 0.717) is 0 Å². The minimum Gasteiger partial charge on any atom is -0.155 e. The van der Waals surface area contributed by atoms with Gasteiger partial charge in [-0.25, -0.2) is 0 Å². The molecule has 0 N–H and O–H groups in total. The van der Waals surface area contributed by atoms with Crippen LogP contribution in [0, 0.1) is 22.7 Å². The fraction of sp³-hybridized carbons (Fsp3) is 1.00. The molecule has 4 saturated carbocycles. The molecule has 4 aliphatic rings. The highest BCUT2D eigenvalue weighted by Crippen LogP contribution is 2.65. The Morgan fingerprint density at radius 1 is 0.706 bits per heavy atom. The molecule has 0 spiro atoms. The zero-order valence-corrected chi connectivity index (χ0v) is 12.2. The van der Waals surface area contributed by atoms with Crippen LogP contribution in [0.25, 0.3) is 0 Å². The monoisotopic (exact) mass is 250 g/mol. The van der Waals surface area contributed by atoms with Crippen molar-refractivity contribution in [3.8, 4) is 0 Å². The molecule has 4 rings (SSSR count). The predicted molar refractivity (Wildman–Crippen MR) is 75.3 cm³/mol. The molecule has 6 unspecified atom stereocenters. The van der Waals surface area contributed by atoms with Gasteiger partial charge >= 0.3 is 0 Å². The summed E-state index contributed by atoms with van der Waals surface area (Å²) in [6, 6.07) is 0. The van der Waals surface area contributed by atoms with E-state index in [9.17, 15) is 0 Å². The van der Waals surface area contributed by atoms with E-state index in [2.05, 4.69) is 25.6 Å². The molecule has 96 valence electrons. The summed E-state index contributed by atoms with van der Waals surface area (Å²) < 4.78 is 0. The topological polar surface area (TPSA) is 0 Å². The minimum absolute atomic E-state index is 0.788. The smallest absolute Gasteiger partial charge is 0.00552 e. The molecule has 0 nitrogen and oxygen atoms in total. The van der Waals surface area contributed by atoms with Gasteiger partial charge in [-0.05, 0) is 74.0 Å². The molecule has 4 aliphatic carbocycles. The highest BCUT2D eigenvalue weighted by Gasteiger charge is 2.55. The van der Waals surface area contributed by atoms with Crippen molar-refractivity contribution in [2.75, 3.05) is 0 Å². The molecule has 17 heavy (non-hydrogen) atoms. The van der Waals surface area contributed by atoms with Gasteiger partial charge in [-0.1, -0.05) is 13.8 Å². The lowest BCUT2D eigenvalue weighted by molar-refractivity contribution is 0.360. The van der Waals surface area contributed by atoms with Crippen molar-refractivity contribution in [3.05, 3.63) is 0 Å². The Bertz CT molecular complexity index is 306. The Balaban J connectivity index is 1.35. The van der Waals surface area contributed by atoms with Crippen LogP contribution in [0.2, 0.25) is 0 Å². The van der Waals surface area contributed by atoms with E-state index in [0.717, 1.165) is 33.2 Å². The van der Waals surface area contributed by atoms with Gasteiger partial charge in [0.05, 0.1) is 0 Å². The maximum absolute atomic E-state index is 2.55. The van der Waals surface area contributed by atoms with Crippen molar-refractivity contribution in [2.24, 2.45) is 22.7 Å². The first-order chi connectivity index (χ1) is 8.07. The quantitative estimate of drug-likeness (QED) is 0.673. The van der Waals surface area contributed by atoms with E-state index >= 15 is 0 Å². The molecule has 0 amide bonds.